The molecular formula is C24H20N2O5S. The van der Waals surface area contributed by atoms with Crippen molar-refractivity contribution in [1.29, 1.82) is 0 Å². The first kappa shape index (κ1) is 21.3. The van der Waals surface area contributed by atoms with Gasteiger partial charge in [-0.25, -0.2) is 0 Å². The maximum atomic E-state index is 13.2. The number of carbonyl (C=O) groups excluding carboxylic acids is 2. The van der Waals surface area contributed by atoms with E-state index in [1.807, 2.05) is 30.3 Å². The number of nitrogens with zero attached hydrogens (tertiary/aromatic N) is 2. The van der Waals surface area contributed by atoms with Crippen molar-refractivity contribution in [3.8, 4) is 17.2 Å². The van der Waals surface area contributed by atoms with Crippen LogP contribution >= 0.6 is 11.3 Å². The van der Waals surface area contributed by atoms with E-state index < -0.39 is 11.9 Å². The van der Waals surface area contributed by atoms with Crippen LogP contribution in [0.5, 0.6) is 17.2 Å². The van der Waals surface area contributed by atoms with Gasteiger partial charge in [0.2, 0.25) is 0 Å². The van der Waals surface area contributed by atoms with Gasteiger partial charge in [0, 0.05) is 0 Å². The van der Waals surface area contributed by atoms with E-state index in [4.69, 9.17) is 14.2 Å². The molecule has 32 heavy (non-hydrogen) atoms. The lowest BCUT2D eigenvalue weighted by atomic mass is 10.2. The van der Waals surface area contributed by atoms with Crippen molar-refractivity contribution in [2.24, 2.45) is 4.99 Å². The van der Waals surface area contributed by atoms with Crippen molar-refractivity contribution in [3.05, 3.63) is 83.2 Å². The summed E-state index contributed by atoms with van der Waals surface area (Å²) in [4.78, 5) is 29.9. The van der Waals surface area contributed by atoms with E-state index in [9.17, 15) is 9.59 Å². The zero-order chi connectivity index (χ0) is 22.5. The molecular weight excluding hydrogens is 428 g/mol. The molecule has 0 aliphatic carbocycles. The van der Waals surface area contributed by atoms with Crippen LogP contribution in [0, 0.1) is 0 Å². The predicted molar refractivity (Wildman–Crippen MR) is 121 cm³/mol. The maximum Gasteiger partial charge on any atom is 0.325 e. The Bertz CT molecular complexity index is 1340. The first-order valence-electron chi connectivity index (χ1n) is 9.75. The van der Waals surface area contributed by atoms with Crippen LogP contribution < -0.4 is 14.3 Å². The highest BCUT2D eigenvalue weighted by atomic mass is 32.1. The van der Waals surface area contributed by atoms with Crippen LogP contribution in [0.4, 0.5) is 0 Å². The van der Waals surface area contributed by atoms with Crippen LogP contribution in [0.3, 0.4) is 0 Å². The Morgan fingerprint density at radius 2 is 1.62 bits per heavy atom. The number of para-hydroxylation sites is 3. The van der Waals surface area contributed by atoms with Crippen molar-refractivity contribution in [2.45, 2.75) is 6.54 Å². The fourth-order valence-corrected chi connectivity index (χ4v) is 4.23. The van der Waals surface area contributed by atoms with E-state index in [-0.39, 0.29) is 6.54 Å². The van der Waals surface area contributed by atoms with E-state index in [1.54, 1.807) is 54.1 Å². The summed E-state index contributed by atoms with van der Waals surface area (Å²) in [5.41, 5.74) is 0.983. The number of ether oxygens (including phenoxy) is 3. The summed E-state index contributed by atoms with van der Waals surface area (Å²) in [6, 6.07) is 21.6. The smallest absolute Gasteiger partial charge is 0.325 e. The number of hydrogen-bond donors (Lipinski definition) is 0. The van der Waals surface area contributed by atoms with E-state index in [0.717, 1.165) is 4.70 Å². The third kappa shape index (κ3) is 4.40. The highest BCUT2D eigenvalue weighted by molar-refractivity contribution is 7.16. The largest absolute Gasteiger partial charge is 0.495 e. The minimum atomic E-state index is -0.485. The summed E-state index contributed by atoms with van der Waals surface area (Å²) in [5.74, 6) is 0.633. The molecule has 4 aromatic rings. The zero-order valence-corrected chi connectivity index (χ0v) is 18.3. The van der Waals surface area contributed by atoms with Gasteiger partial charge < -0.3 is 18.8 Å². The van der Waals surface area contributed by atoms with Crippen LogP contribution in [0.2, 0.25) is 0 Å². The average molecular weight is 449 g/mol. The van der Waals surface area contributed by atoms with Gasteiger partial charge in [-0.05, 0) is 36.4 Å². The summed E-state index contributed by atoms with van der Waals surface area (Å²) < 4.78 is 18.6. The minimum Gasteiger partial charge on any atom is -0.495 e. The summed E-state index contributed by atoms with van der Waals surface area (Å²) >= 11 is 1.29. The molecule has 0 saturated heterocycles. The molecule has 0 radical (unpaired) electrons. The SMILES string of the molecule is COC(=O)Cn1c(=NC(=O)c2ccccc2Oc2ccccc2)sc2cccc(OC)c21. The van der Waals surface area contributed by atoms with Crippen molar-refractivity contribution >= 4 is 33.4 Å². The molecule has 0 fully saturated rings. The third-order valence-electron chi connectivity index (χ3n) is 4.68. The van der Waals surface area contributed by atoms with Crippen LogP contribution in [-0.4, -0.2) is 30.7 Å². The Hall–Kier alpha value is -3.91. The number of fused-ring (bicyclic) bond motifs is 1. The molecule has 0 saturated carbocycles. The lowest BCUT2D eigenvalue weighted by Crippen LogP contribution is -2.22. The number of amides is 1. The summed E-state index contributed by atoms with van der Waals surface area (Å²) in [6.07, 6.45) is 0. The second-order valence-electron chi connectivity index (χ2n) is 6.68. The van der Waals surface area contributed by atoms with Gasteiger partial charge in [0.15, 0.2) is 4.80 Å². The lowest BCUT2D eigenvalue weighted by molar-refractivity contribution is -0.141. The molecule has 0 N–H and O–H groups in total. The molecule has 1 amide bonds. The molecule has 0 spiro atoms. The molecule has 0 aliphatic rings. The van der Waals surface area contributed by atoms with E-state index >= 15 is 0 Å². The molecule has 3 aromatic carbocycles. The van der Waals surface area contributed by atoms with Gasteiger partial charge in [-0.2, -0.15) is 4.99 Å². The van der Waals surface area contributed by atoms with E-state index in [0.29, 0.717) is 33.1 Å². The normalized spacial score (nSPS) is 11.4. The topological polar surface area (TPSA) is 79.1 Å². The Morgan fingerprint density at radius 3 is 2.38 bits per heavy atom. The molecule has 0 unspecified atom stereocenters. The molecule has 162 valence electrons. The van der Waals surface area contributed by atoms with Crippen LogP contribution in [-0.2, 0) is 16.1 Å². The number of methoxy groups -OCH3 is 2. The van der Waals surface area contributed by atoms with Crippen LogP contribution in [0.15, 0.2) is 77.8 Å². The highest BCUT2D eigenvalue weighted by Crippen LogP contribution is 2.28. The van der Waals surface area contributed by atoms with Gasteiger partial charge in [0.1, 0.15) is 29.3 Å². The summed E-state index contributed by atoms with van der Waals surface area (Å²) in [6.45, 7) is -0.106. The summed E-state index contributed by atoms with van der Waals surface area (Å²) in [5, 5.41) is 0. The second-order valence-corrected chi connectivity index (χ2v) is 7.69. The number of rotatable bonds is 6. The lowest BCUT2D eigenvalue weighted by Gasteiger charge is -2.09. The summed E-state index contributed by atoms with van der Waals surface area (Å²) in [7, 11) is 2.86. The number of hydrogen-bond acceptors (Lipinski definition) is 6. The number of esters is 1. The Kier molecular flexibility index (Phi) is 6.32. The van der Waals surface area contributed by atoms with E-state index in [2.05, 4.69) is 4.99 Å². The Balaban J connectivity index is 1.81. The maximum absolute atomic E-state index is 13.2. The molecule has 4 rings (SSSR count). The predicted octanol–water partition coefficient (Wildman–Crippen LogP) is 4.42. The monoisotopic (exact) mass is 448 g/mol. The average Bonchev–Trinajstić information content (AvgIpc) is 3.16. The third-order valence-corrected chi connectivity index (χ3v) is 5.73. The second kappa shape index (κ2) is 9.49. The van der Waals surface area contributed by atoms with Gasteiger partial charge in [-0.15, -0.1) is 0 Å². The van der Waals surface area contributed by atoms with Gasteiger partial charge >= 0.3 is 5.97 Å². The first-order valence-corrected chi connectivity index (χ1v) is 10.6. The molecule has 0 aliphatic heterocycles. The van der Waals surface area contributed by atoms with Crippen molar-refractivity contribution in [3.63, 3.8) is 0 Å². The quantitative estimate of drug-likeness (QED) is 0.408. The molecule has 1 heterocycles. The van der Waals surface area contributed by atoms with E-state index in [1.165, 1.54) is 18.4 Å². The standard InChI is InChI=1S/C24H20N2O5S/c1-29-19-13-8-14-20-22(19)26(15-21(27)30-2)24(32-20)25-23(28)17-11-6-7-12-18(17)31-16-9-4-3-5-10-16/h3-14H,15H2,1-2H3. The molecule has 0 bridgehead atoms. The molecule has 1 aromatic heterocycles. The zero-order valence-electron chi connectivity index (χ0n) is 17.5. The van der Waals surface area contributed by atoms with Crippen molar-refractivity contribution in [2.75, 3.05) is 14.2 Å². The number of carbonyl (C=O) groups is 2. The Labute approximate surface area is 188 Å². The molecule has 8 heteroatoms. The molecule has 7 nitrogen and oxygen atoms in total. The number of benzene rings is 3. The van der Waals surface area contributed by atoms with Crippen LogP contribution in [0.25, 0.3) is 10.2 Å². The minimum absolute atomic E-state index is 0.106. The first-order chi connectivity index (χ1) is 15.6. The number of aromatic nitrogens is 1. The van der Waals surface area contributed by atoms with Crippen molar-refractivity contribution in [1.82, 2.24) is 4.57 Å². The van der Waals surface area contributed by atoms with Crippen LogP contribution in [0.1, 0.15) is 10.4 Å². The van der Waals surface area contributed by atoms with Gasteiger partial charge in [-0.3, -0.25) is 9.59 Å². The van der Waals surface area contributed by atoms with Gasteiger partial charge in [0.25, 0.3) is 5.91 Å². The fourth-order valence-electron chi connectivity index (χ4n) is 3.18. The van der Waals surface area contributed by atoms with Gasteiger partial charge in [-0.1, -0.05) is 47.7 Å². The molecule has 0 atom stereocenters. The number of thiazole rings is 1. The van der Waals surface area contributed by atoms with Crippen molar-refractivity contribution < 1.29 is 23.8 Å². The fraction of sp³-hybridized carbons (Fsp3) is 0.125. The Morgan fingerprint density at radius 1 is 0.906 bits per heavy atom. The van der Waals surface area contributed by atoms with Gasteiger partial charge in [0.05, 0.1) is 24.5 Å². The highest BCUT2D eigenvalue weighted by Gasteiger charge is 2.17.